The van der Waals surface area contributed by atoms with Crippen LogP contribution in [0.15, 0.2) is 24.3 Å². The number of hydrogen-bond acceptors (Lipinski definition) is 4. The van der Waals surface area contributed by atoms with Gasteiger partial charge >= 0.3 is 0 Å². The first-order chi connectivity index (χ1) is 9.52. The molecule has 0 spiro atoms. The number of nitrogens with one attached hydrogen (secondary N) is 1. The van der Waals surface area contributed by atoms with E-state index in [0.29, 0.717) is 11.4 Å². The lowest BCUT2D eigenvalue weighted by Crippen LogP contribution is -2.42. The Morgan fingerprint density at radius 1 is 1.45 bits per heavy atom. The molecule has 4 N–H and O–H groups in total. The minimum Gasteiger partial charge on any atom is -0.490 e. The maximum absolute atomic E-state index is 9.96. The van der Waals surface area contributed by atoms with Crippen molar-refractivity contribution >= 4 is 10.9 Å². The third-order valence-corrected chi connectivity index (χ3v) is 3.37. The molecule has 0 radical (unpaired) electrons. The van der Waals surface area contributed by atoms with Gasteiger partial charge in [-0.05, 0) is 24.1 Å². The monoisotopic (exact) mass is 273 g/mol. The number of aliphatic hydroxyl groups is 1. The Morgan fingerprint density at radius 2 is 2.20 bits per heavy atom. The van der Waals surface area contributed by atoms with Crippen LogP contribution in [0.1, 0.15) is 19.5 Å². The zero-order chi connectivity index (χ0) is 14.7. The third-order valence-electron chi connectivity index (χ3n) is 3.37. The van der Waals surface area contributed by atoms with Crippen molar-refractivity contribution in [3.8, 4) is 11.8 Å². The van der Waals surface area contributed by atoms with Crippen molar-refractivity contribution in [3.63, 3.8) is 0 Å². The van der Waals surface area contributed by atoms with Crippen molar-refractivity contribution in [1.29, 1.82) is 5.26 Å². The standard InChI is InChI=1S/C15H19N3O2/c1-9(2)15(17)13(19)8-20-14-5-3-4-12-11(14)6-10(7-16)18-12/h3-6,9,13,15,18-19H,8,17H2,1-2H3/t13-,15+/m1/s1. The summed E-state index contributed by atoms with van der Waals surface area (Å²) in [6, 6.07) is 8.99. The zero-order valence-electron chi connectivity index (χ0n) is 11.6. The van der Waals surface area contributed by atoms with Crippen molar-refractivity contribution in [2.75, 3.05) is 6.61 Å². The highest BCUT2D eigenvalue weighted by Gasteiger charge is 2.19. The Kier molecular flexibility index (Phi) is 4.28. The molecular weight excluding hydrogens is 254 g/mol. The Hall–Kier alpha value is -2.03. The quantitative estimate of drug-likeness (QED) is 0.773. The Balaban J connectivity index is 2.14. The smallest absolute Gasteiger partial charge is 0.128 e. The molecular formula is C15H19N3O2. The van der Waals surface area contributed by atoms with E-state index in [1.54, 1.807) is 6.07 Å². The van der Waals surface area contributed by atoms with Gasteiger partial charge in [0.15, 0.2) is 0 Å². The summed E-state index contributed by atoms with van der Waals surface area (Å²) in [7, 11) is 0. The highest BCUT2D eigenvalue weighted by molar-refractivity contribution is 5.87. The molecule has 5 heteroatoms. The molecule has 0 aliphatic heterocycles. The van der Waals surface area contributed by atoms with Crippen molar-refractivity contribution in [2.24, 2.45) is 11.7 Å². The van der Waals surface area contributed by atoms with E-state index in [2.05, 4.69) is 11.1 Å². The topological polar surface area (TPSA) is 95.1 Å². The second-order valence-electron chi connectivity index (χ2n) is 5.21. The predicted molar refractivity (Wildman–Crippen MR) is 77.3 cm³/mol. The SMILES string of the molecule is CC(C)[C@H](N)[C@H](O)COc1cccc2[nH]c(C#N)cc12. The molecule has 2 atom stereocenters. The van der Waals surface area contributed by atoms with Crippen LogP contribution in [0.5, 0.6) is 5.75 Å². The first kappa shape index (κ1) is 14.4. The number of ether oxygens (including phenoxy) is 1. The molecule has 1 heterocycles. The first-order valence-corrected chi connectivity index (χ1v) is 6.61. The molecule has 0 saturated heterocycles. The van der Waals surface area contributed by atoms with E-state index in [9.17, 15) is 5.11 Å². The average Bonchev–Trinajstić information content (AvgIpc) is 2.87. The van der Waals surface area contributed by atoms with E-state index < -0.39 is 6.10 Å². The van der Waals surface area contributed by atoms with Crippen LogP contribution in [0.3, 0.4) is 0 Å². The van der Waals surface area contributed by atoms with Crippen LogP contribution < -0.4 is 10.5 Å². The van der Waals surface area contributed by atoms with Crippen LogP contribution in [0, 0.1) is 17.2 Å². The molecule has 0 aliphatic carbocycles. The summed E-state index contributed by atoms with van der Waals surface area (Å²) in [5, 5.41) is 19.7. The molecule has 0 bridgehead atoms. The lowest BCUT2D eigenvalue weighted by atomic mass is 10.0. The number of aromatic amines is 1. The van der Waals surface area contributed by atoms with E-state index >= 15 is 0 Å². The third kappa shape index (κ3) is 2.93. The molecule has 20 heavy (non-hydrogen) atoms. The summed E-state index contributed by atoms with van der Waals surface area (Å²) < 4.78 is 5.65. The molecule has 5 nitrogen and oxygen atoms in total. The largest absolute Gasteiger partial charge is 0.490 e. The van der Waals surface area contributed by atoms with Gasteiger partial charge in [-0.3, -0.25) is 0 Å². The van der Waals surface area contributed by atoms with Gasteiger partial charge in [0.2, 0.25) is 0 Å². The number of nitrogens with two attached hydrogens (primary N) is 1. The molecule has 0 amide bonds. The summed E-state index contributed by atoms with van der Waals surface area (Å²) in [6.45, 7) is 4.05. The molecule has 2 rings (SSSR count). The maximum atomic E-state index is 9.96. The van der Waals surface area contributed by atoms with E-state index in [1.807, 2.05) is 32.0 Å². The fraction of sp³-hybridized carbons (Fsp3) is 0.400. The summed E-state index contributed by atoms with van der Waals surface area (Å²) in [6.07, 6.45) is -0.723. The van der Waals surface area contributed by atoms with Gasteiger partial charge < -0.3 is 20.6 Å². The summed E-state index contributed by atoms with van der Waals surface area (Å²) in [5.74, 6) is 0.817. The number of benzene rings is 1. The Labute approximate surface area is 118 Å². The number of nitriles is 1. The number of rotatable bonds is 5. The highest BCUT2D eigenvalue weighted by Crippen LogP contribution is 2.26. The van der Waals surface area contributed by atoms with Crippen LogP contribution in [0.25, 0.3) is 10.9 Å². The predicted octanol–water partition coefficient (Wildman–Crippen LogP) is 1.76. The lowest BCUT2D eigenvalue weighted by molar-refractivity contribution is 0.0722. The van der Waals surface area contributed by atoms with Crippen molar-refractivity contribution in [3.05, 3.63) is 30.0 Å². The van der Waals surface area contributed by atoms with Gasteiger partial charge in [0, 0.05) is 11.4 Å². The average molecular weight is 273 g/mol. The van der Waals surface area contributed by atoms with E-state index in [1.165, 1.54) is 0 Å². The number of aliphatic hydroxyl groups excluding tert-OH is 1. The molecule has 0 saturated carbocycles. The highest BCUT2D eigenvalue weighted by atomic mass is 16.5. The van der Waals surface area contributed by atoms with Crippen molar-refractivity contribution in [1.82, 2.24) is 4.98 Å². The zero-order valence-corrected chi connectivity index (χ0v) is 11.6. The minimum atomic E-state index is -0.723. The molecule has 0 unspecified atom stereocenters. The molecule has 106 valence electrons. The molecule has 1 aromatic heterocycles. The molecule has 0 aliphatic rings. The number of hydrogen-bond donors (Lipinski definition) is 3. The fourth-order valence-corrected chi connectivity index (χ4v) is 2.04. The van der Waals surface area contributed by atoms with Gasteiger partial charge in [0.25, 0.3) is 0 Å². The number of aromatic nitrogens is 1. The summed E-state index contributed by atoms with van der Waals surface area (Å²) in [5.41, 5.74) is 7.20. The number of nitrogens with zero attached hydrogens (tertiary/aromatic N) is 1. The molecule has 0 fully saturated rings. The van der Waals surface area contributed by atoms with Gasteiger partial charge in [-0.15, -0.1) is 0 Å². The van der Waals surface area contributed by atoms with Crippen molar-refractivity contribution in [2.45, 2.75) is 26.0 Å². The van der Waals surface area contributed by atoms with E-state index in [-0.39, 0.29) is 18.6 Å². The second kappa shape index (κ2) is 5.95. The number of fused-ring (bicyclic) bond motifs is 1. The molecule has 2 aromatic rings. The van der Waals surface area contributed by atoms with Crippen LogP contribution in [-0.4, -0.2) is 28.8 Å². The van der Waals surface area contributed by atoms with Gasteiger partial charge in [-0.25, -0.2) is 0 Å². The summed E-state index contributed by atoms with van der Waals surface area (Å²) in [4.78, 5) is 2.99. The van der Waals surface area contributed by atoms with Crippen LogP contribution in [-0.2, 0) is 0 Å². The van der Waals surface area contributed by atoms with Gasteiger partial charge in [-0.2, -0.15) is 5.26 Å². The molecule has 1 aromatic carbocycles. The Bertz CT molecular complexity index is 628. The second-order valence-corrected chi connectivity index (χ2v) is 5.21. The number of H-pyrrole nitrogens is 1. The van der Waals surface area contributed by atoms with E-state index in [0.717, 1.165) is 10.9 Å². The van der Waals surface area contributed by atoms with Gasteiger partial charge in [-0.1, -0.05) is 19.9 Å². The van der Waals surface area contributed by atoms with Gasteiger partial charge in [0.05, 0.1) is 5.52 Å². The first-order valence-electron chi connectivity index (χ1n) is 6.61. The lowest BCUT2D eigenvalue weighted by Gasteiger charge is -2.22. The Morgan fingerprint density at radius 3 is 2.85 bits per heavy atom. The van der Waals surface area contributed by atoms with Crippen LogP contribution in [0.4, 0.5) is 0 Å². The fourth-order valence-electron chi connectivity index (χ4n) is 2.04. The van der Waals surface area contributed by atoms with Crippen LogP contribution in [0.2, 0.25) is 0 Å². The minimum absolute atomic E-state index is 0.130. The maximum Gasteiger partial charge on any atom is 0.128 e. The van der Waals surface area contributed by atoms with Crippen molar-refractivity contribution < 1.29 is 9.84 Å². The normalized spacial score (nSPS) is 14.2. The summed E-state index contributed by atoms with van der Waals surface area (Å²) >= 11 is 0. The van der Waals surface area contributed by atoms with Crippen LogP contribution >= 0.6 is 0 Å². The van der Waals surface area contributed by atoms with Gasteiger partial charge in [0.1, 0.15) is 30.2 Å². The van der Waals surface area contributed by atoms with E-state index in [4.69, 9.17) is 15.7 Å².